The summed E-state index contributed by atoms with van der Waals surface area (Å²) < 4.78 is 16.0. The second-order valence-corrected chi connectivity index (χ2v) is 9.98. The lowest BCUT2D eigenvalue weighted by atomic mass is 9.92. The molecular formula is C30H29FN6O. The number of hydrogen-bond donors (Lipinski definition) is 1. The Morgan fingerprint density at radius 3 is 2.71 bits per heavy atom. The molecule has 1 aliphatic heterocycles. The predicted octanol–water partition coefficient (Wildman–Crippen LogP) is 5.20. The van der Waals surface area contributed by atoms with Gasteiger partial charge in [0, 0.05) is 22.8 Å². The van der Waals surface area contributed by atoms with E-state index in [9.17, 15) is 9.18 Å². The minimum atomic E-state index is -0.577. The highest BCUT2D eigenvalue weighted by Gasteiger charge is 2.36. The van der Waals surface area contributed by atoms with Crippen LogP contribution in [0.4, 0.5) is 10.1 Å². The summed E-state index contributed by atoms with van der Waals surface area (Å²) in [6, 6.07) is 22.4. The van der Waals surface area contributed by atoms with Crippen LogP contribution in [-0.2, 0) is 19.4 Å². The van der Waals surface area contributed by atoms with E-state index in [0.717, 1.165) is 47.0 Å². The second-order valence-electron chi connectivity index (χ2n) is 9.98. The van der Waals surface area contributed by atoms with Crippen molar-refractivity contribution >= 4 is 16.6 Å². The molecule has 7 nitrogen and oxygen atoms in total. The van der Waals surface area contributed by atoms with Crippen LogP contribution in [0.1, 0.15) is 54.4 Å². The Morgan fingerprint density at radius 2 is 1.89 bits per heavy atom. The Morgan fingerprint density at radius 1 is 1.05 bits per heavy atom. The number of rotatable bonds is 6. The van der Waals surface area contributed by atoms with Gasteiger partial charge in [-0.2, -0.15) is 0 Å². The monoisotopic (exact) mass is 508 g/mol. The van der Waals surface area contributed by atoms with Crippen molar-refractivity contribution in [2.75, 3.05) is 4.90 Å². The average Bonchev–Trinajstić information content (AvgIpc) is 3.38. The first-order chi connectivity index (χ1) is 18.5. The molecule has 38 heavy (non-hydrogen) atoms. The fraction of sp³-hybridized carbons (Fsp3) is 0.267. The van der Waals surface area contributed by atoms with E-state index in [4.69, 9.17) is 0 Å². The van der Waals surface area contributed by atoms with Crippen molar-refractivity contribution in [1.82, 2.24) is 25.2 Å². The van der Waals surface area contributed by atoms with Crippen LogP contribution in [-0.4, -0.2) is 31.2 Å². The zero-order valence-corrected chi connectivity index (χ0v) is 21.4. The van der Waals surface area contributed by atoms with E-state index in [2.05, 4.69) is 45.3 Å². The van der Waals surface area contributed by atoms with Crippen molar-refractivity contribution in [1.29, 1.82) is 0 Å². The molecule has 0 bridgehead atoms. The van der Waals surface area contributed by atoms with Crippen molar-refractivity contribution < 1.29 is 4.39 Å². The molecule has 5 aromatic rings. The number of nitrogens with one attached hydrogen (secondary N) is 1. The number of nitrogens with zero attached hydrogens (tertiary/aromatic N) is 5. The Hall–Kier alpha value is -4.33. The summed E-state index contributed by atoms with van der Waals surface area (Å²) in [6.45, 7) is 4.71. The molecule has 0 saturated heterocycles. The zero-order valence-electron chi connectivity index (χ0n) is 21.4. The van der Waals surface area contributed by atoms with Crippen LogP contribution in [0, 0.1) is 5.82 Å². The topological polar surface area (TPSA) is 79.7 Å². The number of hydrogen-bond acceptors (Lipinski definition) is 5. The molecule has 0 radical (unpaired) electrons. The zero-order chi connectivity index (χ0) is 26.2. The van der Waals surface area contributed by atoms with Gasteiger partial charge in [-0.05, 0) is 95.1 Å². The number of halogens is 1. The molecule has 0 spiro atoms. The molecule has 3 heterocycles. The van der Waals surface area contributed by atoms with E-state index in [1.165, 1.54) is 11.6 Å². The van der Waals surface area contributed by atoms with Crippen LogP contribution in [0.25, 0.3) is 10.9 Å². The maximum Gasteiger partial charge on any atom is 0.254 e. The van der Waals surface area contributed by atoms with Gasteiger partial charge in [-0.15, -0.1) is 5.10 Å². The molecule has 3 aromatic carbocycles. The molecule has 2 aromatic heterocycles. The number of fused-ring (bicyclic) bond motifs is 2. The van der Waals surface area contributed by atoms with Crippen molar-refractivity contribution in [2.45, 2.75) is 51.7 Å². The van der Waals surface area contributed by atoms with Crippen molar-refractivity contribution in [2.24, 2.45) is 0 Å². The number of tetrazole rings is 1. The summed E-state index contributed by atoms with van der Waals surface area (Å²) in [7, 11) is 0. The molecular weight excluding hydrogens is 479 g/mol. The van der Waals surface area contributed by atoms with E-state index < -0.39 is 6.04 Å². The van der Waals surface area contributed by atoms with Crippen LogP contribution in [0.3, 0.4) is 0 Å². The summed E-state index contributed by atoms with van der Waals surface area (Å²) in [6.07, 6.45) is 2.48. The van der Waals surface area contributed by atoms with Gasteiger partial charge in [-0.1, -0.05) is 43.3 Å². The molecule has 2 unspecified atom stereocenters. The Kier molecular flexibility index (Phi) is 6.23. The lowest BCUT2D eigenvalue weighted by Gasteiger charge is -2.42. The second kappa shape index (κ2) is 9.85. The van der Waals surface area contributed by atoms with Gasteiger partial charge < -0.3 is 9.88 Å². The molecule has 6 rings (SSSR count). The molecule has 0 fully saturated rings. The first kappa shape index (κ1) is 24.0. The Labute approximate surface area is 219 Å². The van der Waals surface area contributed by atoms with Gasteiger partial charge in [-0.25, -0.2) is 9.07 Å². The molecule has 8 heteroatoms. The predicted molar refractivity (Wildman–Crippen MR) is 146 cm³/mol. The molecule has 192 valence electrons. The van der Waals surface area contributed by atoms with Gasteiger partial charge in [-0.3, -0.25) is 4.79 Å². The molecule has 1 N–H and O–H groups in total. The average molecular weight is 509 g/mol. The Bertz CT molecular complexity index is 1660. The van der Waals surface area contributed by atoms with E-state index in [1.807, 2.05) is 54.6 Å². The highest BCUT2D eigenvalue weighted by Crippen LogP contribution is 2.40. The van der Waals surface area contributed by atoms with Crippen molar-refractivity contribution in [3.05, 3.63) is 117 Å². The quantitative estimate of drug-likeness (QED) is 0.341. The maximum absolute atomic E-state index is 14.2. The minimum Gasteiger partial charge on any atom is -0.354 e. The first-order valence-electron chi connectivity index (χ1n) is 13.0. The fourth-order valence-corrected chi connectivity index (χ4v) is 5.53. The number of pyridine rings is 1. The number of aromatic amines is 1. The van der Waals surface area contributed by atoms with Gasteiger partial charge in [0.1, 0.15) is 11.9 Å². The standard InChI is InChI=1S/C30H29FN6O/c1-3-20-10-13-26-23(15-20)17-25(30(38)32-26)28(29-33-34-35-36(29)18-21-7-5-4-6-8-21)37-19(2)9-11-22-16-24(31)12-14-27(22)37/h4-8,10,12-17,19,28H,3,9,11,18H2,1-2H3,(H,32,38). The summed E-state index contributed by atoms with van der Waals surface area (Å²) in [5, 5.41) is 13.8. The third-order valence-corrected chi connectivity index (χ3v) is 7.52. The summed E-state index contributed by atoms with van der Waals surface area (Å²) >= 11 is 0. The molecule has 0 aliphatic carbocycles. The highest BCUT2D eigenvalue weighted by atomic mass is 19.1. The third kappa shape index (κ3) is 4.36. The number of H-pyrrole nitrogens is 1. The lowest BCUT2D eigenvalue weighted by Crippen LogP contribution is -2.43. The summed E-state index contributed by atoms with van der Waals surface area (Å²) in [4.78, 5) is 19.0. The maximum atomic E-state index is 14.2. The highest BCUT2D eigenvalue weighted by molar-refractivity contribution is 5.80. The molecule has 2 atom stereocenters. The van der Waals surface area contributed by atoms with Crippen LogP contribution in [0.15, 0.2) is 77.6 Å². The van der Waals surface area contributed by atoms with E-state index >= 15 is 0 Å². The first-order valence-corrected chi connectivity index (χ1v) is 13.0. The molecule has 1 aliphatic rings. The fourth-order valence-electron chi connectivity index (χ4n) is 5.53. The summed E-state index contributed by atoms with van der Waals surface area (Å²) in [5.41, 5.74) is 5.20. The number of anilines is 1. The summed E-state index contributed by atoms with van der Waals surface area (Å²) in [5.74, 6) is 0.300. The van der Waals surface area contributed by atoms with Gasteiger partial charge in [0.25, 0.3) is 5.56 Å². The molecule has 0 saturated carbocycles. The number of aromatic nitrogens is 5. The third-order valence-electron chi connectivity index (χ3n) is 7.52. The van der Waals surface area contributed by atoms with Gasteiger partial charge in [0.2, 0.25) is 0 Å². The SMILES string of the molecule is CCc1ccc2[nH]c(=O)c(C(c3nnnn3Cc3ccccc3)N3c4ccc(F)cc4CCC3C)cc2c1. The normalized spacial score (nSPS) is 16.0. The number of aryl methyl sites for hydroxylation is 2. The van der Waals surface area contributed by atoms with E-state index in [-0.39, 0.29) is 17.4 Å². The van der Waals surface area contributed by atoms with Crippen molar-refractivity contribution in [3.8, 4) is 0 Å². The smallest absolute Gasteiger partial charge is 0.254 e. The number of benzene rings is 3. The van der Waals surface area contributed by atoms with Crippen LogP contribution < -0.4 is 10.5 Å². The van der Waals surface area contributed by atoms with Gasteiger partial charge in [0.15, 0.2) is 5.82 Å². The van der Waals surface area contributed by atoms with Crippen LogP contribution >= 0.6 is 0 Å². The van der Waals surface area contributed by atoms with Crippen molar-refractivity contribution in [3.63, 3.8) is 0 Å². The minimum absolute atomic E-state index is 0.0666. The lowest BCUT2D eigenvalue weighted by molar-refractivity contribution is 0.491. The molecule has 0 amide bonds. The van der Waals surface area contributed by atoms with E-state index in [0.29, 0.717) is 17.9 Å². The Balaban J connectivity index is 1.57. The van der Waals surface area contributed by atoms with Gasteiger partial charge in [0.05, 0.1) is 6.54 Å². The van der Waals surface area contributed by atoms with E-state index in [1.54, 1.807) is 10.7 Å². The van der Waals surface area contributed by atoms with Crippen LogP contribution in [0.2, 0.25) is 0 Å². The largest absolute Gasteiger partial charge is 0.354 e. The van der Waals surface area contributed by atoms with Gasteiger partial charge >= 0.3 is 0 Å². The van der Waals surface area contributed by atoms with Crippen LogP contribution in [0.5, 0.6) is 0 Å².